The lowest BCUT2D eigenvalue weighted by Gasteiger charge is -2.23. The molecular formula is C21H27N3O11. The van der Waals surface area contributed by atoms with Crippen molar-refractivity contribution in [3.63, 3.8) is 0 Å². The highest BCUT2D eigenvalue weighted by Gasteiger charge is 2.51. The molecule has 4 atom stereocenters. The fourth-order valence-electron chi connectivity index (χ4n) is 3.41. The number of ether oxygens (including phenoxy) is 5. The van der Waals surface area contributed by atoms with Crippen molar-refractivity contribution >= 4 is 35.7 Å². The third kappa shape index (κ3) is 7.60. The number of rotatable bonds is 9. The maximum atomic E-state index is 12.9. The SMILES string of the molecule is COC(=O)CCn1cc(C2OC(COC(C)=O)C(OC(C)=O)C2OC(C)=O)c(=O)nc1NC(C)=O. The highest BCUT2D eigenvalue weighted by molar-refractivity contribution is 5.86. The van der Waals surface area contributed by atoms with Gasteiger partial charge in [-0.1, -0.05) is 0 Å². The maximum absolute atomic E-state index is 12.9. The monoisotopic (exact) mass is 497 g/mol. The van der Waals surface area contributed by atoms with Crippen LogP contribution in [0.4, 0.5) is 5.95 Å². The summed E-state index contributed by atoms with van der Waals surface area (Å²) in [5, 5.41) is 2.40. The topological polar surface area (TPSA) is 178 Å². The van der Waals surface area contributed by atoms with Crippen LogP contribution in [0.2, 0.25) is 0 Å². The van der Waals surface area contributed by atoms with Crippen LogP contribution in [0.1, 0.15) is 45.8 Å². The molecule has 2 heterocycles. The zero-order valence-corrected chi connectivity index (χ0v) is 19.9. The van der Waals surface area contributed by atoms with Crippen molar-refractivity contribution < 1.29 is 47.7 Å². The van der Waals surface area contributed by atoms with Gasteiger partial charge in [0.15, 0.2) is 12.2 Å². The van der Waals surface area contributed by atoms with E-state index in [1.165, 1.54) is 31.7 Å². The molecule has 2 rings (SSSR count). The van der Waals surface area contributed by atoms with Crippen LogP contribution in [-0.4, -0.2) is 71.4 Å². The molecule has 1 aromatic rings. The van der Waals surface area contributed by atoms with Crippen LogP contribution in [0.25, 0.3) is 0 Å². The van der Waals surface area contributed by atoms with Crippen LogP contribution < -0.4 is 10.9 Å². The van der Waals surface area contributed by atoms with E-state index >= 15 is 0 Å². The smallest absolute Gasteiger partial charge is 0.307 e. The lowest BCUT2D eigenvalue weighted by molar-refractivity contribution is -0.165. The Kier molecular flexibility index (Phi) is 9.45. The van der Waals surface area contributed by atoms with E-state index < -0.39 is 59.8 Å². The van der Waals surface area contributed by atoms with E-state index in [4.69, 9.17) is 18.9 Å². The number of nitrogens with one attached hydrogen (secondary N) is 1. The van der Waals surface area contributed by atoms with Crippen LogP contribution in [0.15, 0.2) is 11.0 Å². The molecule has 14 heteroatoms. The zero-order chi connectivity index (χ0) is 26.3. The zero-order valence-electron chi connectivity index (χ0n) is 19.9. The number of hydrogen-bond donors (Lipinski definition) is 1. The van der Waals surface area contributed by atoms with Gasteiger partial charge in [-0.05, 0) is 0 Å². The molecule has 0 radical (unpaired) electrons. The van der Waals surface area contributed by atoms with Crippen molar-refractivity contribution in [1.82, 2.24) is 9.55 Å². The average molecular weight is 497 g/mol. The Morgan fingerprint density at radius 2 is 1.66 bits per heavy atom. The molecule has 0 spiro atoms. The number of hydrogen-bond acceptors (Lipinski definition) is 12. The van der Waals surface area contributed by atoms with Crippen LogP contribution in [0, 0.1) is 0 Å². The van der Waals surface area contributed by atoms with Crippen molar-refractivity contribution in [3.05, 3.63) is 22.1 Å². The molecular weight excluding hydrogens is 470 g/mol. The van der Waals surface area contributed by atoms with E-state index in [0.717, 1.165) is 13.8 Å². The van der Waals surface area contributed by atoms with E-state index in [9.17, 15) is 28.8 Å². The van der Waals surface area contributed by atoms with Gasteiger partial charge in [0.1, 0.15) is 18.8 Å². The number of methoxy groups -OCH3 is 1. The number of anilines is 1. The fraction of sp³-hybridized carbons (Fsp3) is 0.571. The van der Waals surface area contributed by atoms with Gasteiger partial charge in [-0.25, -0.2) is 0 Å². The van der Waals surface area contributed by atoms with Gasteiger partial charge in [0, 0.05) is 40.4 Å². The van der Waals surface area contributed by atoms with Gasteiger partial charge in [0.25, 0.3) is 5.56 Å². The second-order valence-electron chi connectivity index (χ2n) is 7.57. The van der Waals surface area contributed by atoms with Crippen LogP contribution >= 0.6 is 0 Å². The third-order valence-electron chi connectivity index (χ3n) is 4.77. The summed E-state index contributed by atoms with van der Waals surface area (Å²) in [4.78, 5) is 74.8. The van der Waals surface area contributed by atoms with Crippen molar-refractivity contribution in [1.29, 1.82) is 0 Å². The number of amides is 1. The fourth-order valence-corrected chi connectivity index (χ4v) is 3.41. The van der Waals surface area contributed by atoms with Crippen molar-refractivity contribution in [2.75, 3.05) is 19.0 Å². The molecule has 1 aliphatic rings. The summed E-state index contributed by atoms with van der Waals surface area (Å²) in [7, 11) is 1.21. The molecule has 1 N–H and O–H groups in total. The number of esters is 4. The molecule has 35 heavy (non-hydrogen) atoms. The molecule has 1 aromatic heterocycles. The van der Waals surface area contributed by atoms with Crippen LogP contribution in [-0.2, 0) is 54.2 Å². The van der Waals surface area contributed by atoms with Crippen molar-refractivity contribution in [3.8, 4) is 0 Å². The summed E-state index contributed by atoms with van der Waals surface area (Å²) in [5.41, 5.74) is -0.947. The molecule has 1 aliphatic heterocycles. The number of carbonyl (C=O) groups is 5. The third-order valence-corrected chi connectivity index (χ3v) is 4.77. The molecule has 0 saturated carbocycles. The molecule has 0 aromatic carbocycles. The minimum absolute atomic E-state index is 0.0300. The first kappa shape index (κ1) is 27.4. The van der Waals surface area contributed by atoms with Gasteiger partial charge >= 0.3 is 23.9 Å². The minimum atomic E-state index is -1.29. The summed E-state index contributed by atoms with van der Waals surface area (Å²) in [6.07, 6.45) is -3.68. The first-order valence-corrected chi connectivity index (χ1v) is 10.5. The maximum Gasteiger partial charge on any atom is 0.307 e. The summed E-state index contributed by atoms with van der Waals surface area (Å²) >= 11 is 0. The minimum Gasteiger partial charge on any atom is -0.469 e. The van der Waals surface area contributed by atoms with Crippen LogP contribution in [0.3, 0.4) is 0 Å². The van der Waals surface area contributed by atoms with E-state index in [-0.39, 0.29) is 31.1 Å². The Morgan fingerprint density at radius 1 is 1.03 bits per heavy atom. The standard InChI is InChI=1S/C21H27N3O11/c1-10(25)22-21-23-20(30)14(8-24(21)7-6-16(29)31-5)17-19(34-13(4)28)18(33-12(3)27)15(35-17)9-32-11(2)26/h8,15,17-19H,6-7,9H2,1-5H3,(H,22,23,25,30). The first-order chi connectivity index (χ1) is 16.4. The van der Waals surface area contributed by atoms with Gasteiger partial charge in [-0.3, -0.25) is 34.1 Å². The molecule has 192 valence electrons. The molecule has 14 nitrogen and oxygen atoms in total. The average Bonchev–Trinajstić information content (AvgIpc) is 3.06. The lowest BCUT2D eigenvalue weighted by Crippen LogP contribution is -2.40. The molecule has 1 amide bonds. The summed E-state index contributed by atoms with van der Waals surface area (Å²) in [6, 6.07) is 0. The second-order valence-corrected chi connectivity index (χ2v) is 7.57. The van der Waals surface area contributed by atoms with E-state index in [1.54, 1.807) is 0 Å². The molecule has 4 unspecified atom stereocenters. The Labute approximate surface area is 199 Å². The molecule has 1 fully saturated rings. The van der Waals surface area contributed by atoms with Gasteiger partial charge < -0.3 is 28.3 Å². The number of aromatic nitrogens is 2. The highest BCUT2D eigenvalue weighted by Crippen LogP contribution is 2.36. The van der Waals surface area contributed by atoms with Gasteiger partial charge in [-0.15, -0.1) is 0 Å². The van der Waals surface area contributed by atoms with E-state index in [0.29, 0.717) is 0 Å². The summed E-state index contributed by atoms with van der Waals surface area (Å²) in [6.45, 7) is 4.25. The highest BCUT2D eigenvalue weighted by atomic mass is 16.6. The van der Waals surface area contributed by atoms with Gasteiger partial charge in [0.05, 0.1) is 19.1 Å². The van der Waals surface area contributed by atoms with E-state index in [1.807, 2.05) is 0 Å². The normalized spacial score (nSPS) is 21.1. The molecule has 1 saturated heterocycles. The van der Waals surface area contributed by atoms with E-state index in [2.05, 4.69) is 15.0 Å². The quantitative estimate of drug-likeness (QED) is 0.346. The number of nitrogens with zero attached hydrogens (tertiary/aromatic N) is 2. The predicted octanol–water partition coefficient (Wildman–Crippen LogP) is -0.369. The van der Waals surface area contributed by atoms with Crippen LogP contribution in [0.5, 0.6) is 0 Å². The van der Waals surface area contributed by atoms with Gasteiger partial charge in [0.2, 0.25) is 11.9 Å². The number of aryl methyl sites for hydroxylation is 1. The first-order valence-electron chi connectivity index (χ1n) is 10.5. The number of carbonyl (C=O) groups excluding carboxylic acids is 5. The molecule has 0 aliphatic carbocycles. The molecule has 0 bridgehead atoms. The Balaban J connectivity index is 2.55. The summed E-state index contributed by atoms with van der Waals surface area (Å²) in [5.74, 6) is -3.30. The van der Waals surface area contributed by atoms with Crippen molar-refractivity contribution in [2.45, 2.75) is 65.1 Å². The summed E-state index contributed by atoms with van der Waals surface area (Å²) < 4.78 is 27.4. The predicted molar refractivity (Wildman–Crippen MR) is 115 cm³/mol. The Hall–Kier alpha value is -3.81. The lowest BCUT2D eigenvalue weighted by atomic mass is 10.0. The largest absolute Gasteiger partial charge is 0.469 e. The van der Waals surface area contributed by atoms with Crippen molar-refractivity contribution in [2.24, 2.45) is 0 Å². The second kappa shape index (κ2) is 12.1. The Bertz CT molecular complexity index is 1050. The van der Waals surface area contributed by atoms with Gasteiger partial charge in [-0.2, -0.15) is 4.98 Å². The Morgan fingerprint density at radius 3 is 2.20 bits per heavy atom.